The summed E-state index contributed by atoms with van der Waals surface area (Å²) in [5.41, 5.74) is 4.76. The molecule has 0 saturated carbocycles. The first kappa shape index (κ1) is 21.0. The molecule has 1 aliphatic rings. The van der Waals surface area contributed by atoms with Crippen molar-refractivity contribution in [1.82, 2.24) is 10.3 Å². The quantitative estimate of drug-likeness (QED) is 0.399. The third-order valence-electron chi connectivity index (χ3n) is 6.08. The van der Waals surface area contributed by atoms with Crippen LogP contribution in [0.1, 0.15) is 51.8 Å². The molecule has 0 fully saturated rings. The zero-order chi connectivity index (χ0) is 22.6. The highest BCUT2D eigenvalue weighted by Gasteiger charge is 2.22. The van der Waals surface area contributed by atoms with Gasteiger partial charge in [0.05, 0.1) is 6.04 Å². The Bertz CT molecular complexity index is 1250. The van der Waals surface area contributed by atoms with E-state index in [4.69, 9.17) is 9.15 Å². The number of oxazole rings is 1. The van der Waals surface area contributed by atoms with Crippen molar-refractivity contribution in [1.29, 1.82) is 0 Å². The molecule has 5 nitrogen and oxygen atoms in total. The van der Waals surface area contributed by atoms with Crippen LogP contribution in [0, 0.1) is 6.92 Å². The molecule has 0 spiro atoms. The zero-order valence-corrected chi connectivity index (χ0v) is 18.6. The number of hydrogen-bond acceptors (Lipinski definition) is 4. The molecule has 1 amide bonds. The van der Waals surface area contributed by atoms with Crippen LogP contribution in [0.15, 0.2) is 83.3 Å². The van der Waals surface area contributed by atoms with E-state index in [2.05, 4.69) is 28.5 Å². The number of carbonyl (C=O) groups is 1. The molecular weight excluding hydrogens is 412 g/mol. The van der Waals surface area contributed by atoms with Gasteiger partial charge < -0.3 is 14.5 Å². The second-order valence-corrected chi connectivity index (χ2v) is 8.32. The van der Waals surface area contributed by atoms with Gasteiger partial charge in [-0.1, -0.05) is 42.5 Å². The number of para-hydroxylation sites is 1. The van der Waals surface area contributed by atoms with Crippen LogP contribution >= 0.6 is 0 Å². The number of benzene rings is 3. The molecule has 3 aromatic carbocycles. The first-order valence-corrected chi connectivity index (χ1v) is 11.3. The van der Waals surface area contributed by atoms with Gasteiger partial charge in [-0.05, 0) is 73.7 Å². The van der Waals surface area contributed by atoms with Gasteiger partial charge >= 0.3 is 0 Å². The van der Waals surface area contributed by atoms with Crippen LogP contribution in [0.3, 0.4) is 0 Å². The third-order valence-corrected chi connectivity index (χ3v) is 6.08. The number of carbonyl (C=O) groups excluding carboxylic acids is 1. The molecule has 0 saturated heterocycles. The Hall–Kier alpha value is -3.86. The van der Waals surface area contributed by atoms with E-state index in [1.807, 2.05) is 67.6 Å². The summed E-state index contributed by atoms with van der Waals surface area (Å²) in [5, 5.41) is 3.20. The van der Waals surface area contributed by atoms with Gasteiger partial charge in [-0.25, -0.2) is 4.98 Å². The molecule has 0 radical (unpaired) electrons. The average Bonchev–Trinajstić information content (AvgIpc) is 3.24. The fourth-order valence-corrected chi connectivity index (χ4v) is 4.26. The van der Waals surface area contributed by atoms with E-state index in [9.17, 15) is 4.79 Å². The minimum Gasteiger partial charge on any atom is -0.487 e. The first-order valence-electron chi connectivity index (χ1n) is 11.3. The average molecular weight is 439 g/mol. The standard InChI is InChI=1S/C28H26N2O3/c1-19-26(18-32-23-10-3-2-4-11-23)30-28(33-19)22-16-14-21(15-17-22)27(31)29-25-13-7-9-20-8-5-6-12-24(20)25/h2-6,8,10-12,14-17,25H,7,9,13,18H2,1H3,(H,29,31)/t25-/m0/s1. The minimum absolute atomic E-state index is 0.0590. The first-order chi connectivity index (χ1) is 16.2. The summed E-state index contributed by atoms with van der Waals surface area (Å²) < 4.78 is 11.7. The lowest BCUT2D eigenvalue weighted by Crippen LogP contribution is -2.30. The van der Waals surface area contributed by atoms with Crippen molar-refractivity contribution >= 4 is 5.91 Å². The normalized spacial score (nSPS) is 15.0. The van der Waals surface area contributed by atoms with Gasteiger partial charge in [-0.3, -0.25) is 4.79 Å². The van der Waals surface area contributed by atoms with Crippen LogP contribution in [0.5, 0.6) is 5.75 Å². The number of amides is 1. The monoisotopic (exact) mass is 438 g/mol. The molecule has 1 N–H and O–H groups in total. The summed E-state index contributed by atoms with van der Waals surface area (Å²) >= 11 is 0. The molecule has 33 heavy (non-hydrogen) atoms. The van der Waals surface area contributed by atoms with Crippen molar-refractivity contribution in [3.05, 3.63) is 107 Å². The molecule has 0 aliphatic heterocycles. The maximum atomic E-state index is 12.9. The number of nitrogens with zero attached hydrogens (tertiary/aromatic N) is 1. The maximum Gasteiger partial charge on any atom is 0.251 e. The van der Waals surface area contributed by atoms with Crippen molar-refractivity contribution in [2.45, 2.75) is 38.8 Å². The van der Waals surface area contributed by atoms with Gasteiger partial charge in [-0.15, -0.1) is 0 Å². The lowest BCUT2D eigenvalue weighted by molar-refractivity contribution is 0.0932. The Morgan fingerprint density at radius 2 is 1.79 bits per heavy atom. The lowest BCUT2D eigenvalue weighted by Gasteiger charge is -2.26. The fourth-order valence-electron chi connectivity index (χ4n) is 4.26. The molecule has 1 aromatic heterocycles. The Kier molecular flexibility index (Phi) is 5.94. The van der Waals surface area contributed by atoms with E-state index >= 15 is 0 Å². The highest BCUT2D eigenvalue weighted by molar-refractivity contribution is 5.94. The number of rotatable bonds is 6. The number of aryl methyl sites for hydroxylation is 2. The molecule has 4 aromatic rings. The van der Waals surface area contributed by atoms with Gasteiger partial charge in [0.2, 0.25) is 5.89 Å². The van der Waals surface area contributed by atoms with E-state index in [-0.39, 0.29) is 11.9 Å². The third kappa shape index (κ3) is 4.67. The lowest BCUT2D eigenvalue weighted by atomic mass is 9.87. The van der Waals surface area contributed by atoms with Crippen molar-refractivity contribution in [3.8, 4) is 17.2 Å². The number of nitrogens with one attached hydrogen (secondary N) is 1. The van der Waals surface area contributed by atoms with Gasteiger partial charge in [0, 0.05) is 11.1 Å². The highest BCUT2D eigenvalue weighted by atomic mass is 16.5. The van der Waals surface area contributed by atoms with Crippen LogP contribution in [0.4, 0.5) is 0 Å². The number of hydrogen-bond donors (Lipinski definition) is 1. The maximum absolute atomic E-state index is 12.9. The molecule has 0 bridgehead atoms. The van der Waals surface area contributed by atoms with Crippen LogP contribution < -0.4 is 10.1 Å². The van der Waals surface area contributed by atoms with Gasteiger partial charge in [0.15, 0.2) is 0 Å². The highest BCUT2D eigenvalue weighted by Crippen LogP contribution is 2.30. The Morgan fingerprint density at radius 1 is 1.03 bits per heavy atom. The number of fused-ring (bicyclic) bond motifs is 1. The fraction of sp³-hybridized carbons (Fsp3) is 0.214. The van der Waals surface area contributed by atoms with Crippen LogP contribution in [-0.2, 0) is 13.0 Å². The van der Waals surface area contributed by atoms with Crippen molar-refractivity contribution in [2.75, 3.05) is 0 Å². The van der Waals surface area contributed by atoms with Gasteiger partial charge in [0.1, 0.15) is 23.8 Å². The Balaban J connectivity index is 1.26. The summed E-state index contributed by atoms with van der Waals surface area (Å²) in [6, 6.07) is 25.4. The van der Waals surface area contributed by atoms with E-state index in [1.54, 1.807) is 0 Å². The summed E-state index contributed by atoms with van der Waals surface area (Å²) in [4.78, 5) is 17.5. The van der Waals surface area contributed by atoms with Crippen LogP contribution in [-0.4, -0.2) is 10.9 Å². The summed E-state index contributed by atoms with van der Waals surface area (Å²) in [6.45, 7) is 2.21. The summed E-state index contributed by atoms with van der Waals surface area (Å²) in [5.74, 6) is 1.97. The Labute approximate surface area is 193 Å². The number of ether oxygens (including phenoxy) is 1. The van der Waals surface area contributed by atoms with Crippen LogP contribution in [0.25, 0.3) is 11.5 Å². The molecule has 1 aliphatic carbocycles. The van der Waals surface area contributed by atoms with Gasteiger partial charge in [-0.2, -0.15) is 0 Å². The molecule has 5 rings (SSSR count). The van der Waals surface area contributed by atoms with Gasteiger partial charge in [0.25, 0.3) is 5.91 Å². The minimum atomic E-state index is -0.0659. The topological polar surface area (TPSA) is 64.4 Å². The molecular formula is C28H26N2O3. The molecule has 5 heteroatoms. The Morgan fingerprint density at radius 3 is 2.61 bits per heavy atom. The summed E-state index contributed by atoms with van der Waals surface area (Å²) in [6.07, 6.45) is 3.12. The van der Waals surface area contributed by atoms with Crippen LogP contribution in [0.2, 0.25) is 0 Å². The molecule has 166 valence electrons. The zero-order valence-electron chi connectivity index (χ0n) is 18.6. The van der Waals surface area contributed by atoms with E-state index in [0.29, 0.717) is 18.1 Å². The predicted octanol–water partition coefficient (Wildman–Crippen LogP) is 6.04. The molecule has 1 atom stereocenters. The van der Waals surface area contributed by atoms with Crippen molar-refractivity contribution in [2.24, 2.45) is 0 Å². The van der Waals surface area contributed by atoms with Crippen molar-refractivity contribution in [3.63, 3.8) is 0 Å². The second kappa shape index (κ2) is 9.33. The smallest absolute Gasteiger partial charge is 0.251 e. The molecule has 0 unspecified atom stereocenters. The summed E-state index contributed by atoms with van der Waals surface area (Å²) in [7, 11) is 0. The SMILES string of the molecule is Cc1oc(-c2ccc(C(=O)N[C@H]3CCCc4ccccc43)cc2)nc1COc1ccccc1. The van der Waals surface area contributed by atoms with E-state index in [0.717, 1.165) is 42.0 Å². The predicted molar refractivity (Wildman–Crippen MR) is 127 cm³/mol. The number of aromatic nitrogens is 1. The molecule has 1 heterocycles. The van der Waals surface area contributed by atoms with Crippen molar-refractivity contribution < 1.29 is 13.9 Å². The van der Waals surface area contributed by atoms with E-state index in [1.165, 1.54) is 11.1 Å². The second-order valence-electron chi connectivity index (χ2n) is 8.32. The van der Waals surface area contributed by atoms with E-state index < -0.39 is 0 Å². The largest absolute Gasteiger partial charge is 0.487 e.